The molecule has 0 spiro atoms. The molecule has 0 saturated heterocycles. The number of hydrogen-bond donors (Lipinski definition) is 3. The van der Waals surface area contributed by atoms with Crippen LogP contribution in [0, 0.1) is 0 Å². The van der Waals surface area contributed by atoms with Crippen LogP contribution in [-0.2, 0) is 9.47 Å². The maximum Gasteiger partial charge on any atom is 0.165 e. The van der Waals surface area contributed by atoms with Gasteiger partial charge < -0.3 is 30.3 Å². The number of anilines is 2. The van der Waals surface area contributed by atoms with Crippen LogP contribution in [0.4, 0.5) is 11.6 Å². The van der Waals surface area contributed by atoms with Crippen LogP contribution in [-0.4, -0.2) is 103 Å². The molecule has 0 amide bonds. The molecule has 8 aromatic rings. The first-order valence-electron chi connectivity index (χ1n) is 28.4. The number of hydrogen-bond acceptors (Lipinski definition) is 12. The molecule has 4 N–H and O–H groups in total. The smallest absolute Gasteiger partial charge is 0.165 e. The van der Waals surface area contributed by atoms with E-state index in [-0.39, 0.29) is 11.8 Å². The van der Waals surface area contributed by atoms with Gasteiger partial charge >= 0.3 is 0 Å². The number of pyridine rings is 2. The summed E-state index contributed by atoms with van der Waals surface area (Å²) in [5.74, 6) is 1.98. The van der Waals surface area contributed by atoms with Crippen molar-refractivity contribution < 1.29 is 19.7 Å². The molecule has 79 heavy (non-hydrogen) atoms. The molecule has 2 aromatic carbocycles. The molecular formula is C62H81BrN10O4Si2. The Balaban J connectivity index is 0.000000205. The van der Waals surface area contributed by atoms with Crippen LogP contribution < -0.4 is 10.6 Å². The van der Waals surface area contributed by atoms with E-state index in [1.54, 1.807) is 10.7 Å². The van der Waals surface area contributed by atoms with Crippen molar-refractivity contribution in [3.63, 3.8) is 0 Å². The van der Waals surface area contributed by atoms with Crippen LogP contribution >= 0.6 is 15.9 Å². The highest BCUT2D eigenvalue weighted by molar-refractivity contribution is 9.10. The second kappa shape index (κ2) is 25.0. The van der Waals surface area contributed by atoms with E-state index in [0.29, 0.717) is 19.3 Å². The fourth-order valence-corrected chi connectivity index (χ4v) is 12.7. The fraction of sp³-hybridized carbons (Fsp3) is 0.452. The lowest BCUT2D eigenvalue weighted by atomic mass is 9.76. The van der Waals surface area contributed by atoms with Crippen molar-refractivity contribution in [2.24, 2.45) is 0 Å². The third-order valence-electron chi connectivity index (χ3n) is 16.2. The van der Waals surface area contributed by atoms with Gasteiger partial charge in [-0.25, -0.2) is 9.97 Å². The molecule has 0 unspecified atom stereocenters. The van der Waals surface area contributed by atoms with Gasteiger partial charge in [0.05, 0.1) is 45.2 Å². The molecule has 2 aliphatic carbocycles. The second-order valence-electron chi connectivity index (χ2n) is 24.4. The predicted octanol–water partition coefficient (Wildman–Crippen LogP) is 14.3. The van der Waals surface area contributed by atoms with Crippen LogP contribution in [0.15, 0.2) is 120 Å². The van der Waals surface area contributed by atoms with E-state index in [2.05, 4.69) is 107 Å². The molecule has 418 valence electrons. The standard InChI is InChI=1S/C37H55N5O3Si2.C25H26BrN5O/c1-8-37(43)18-16-30(17-19-37)34-24-35(41(27-44-20-22-46(2,3)4)28-45-21-23-47(5,6)7)42-36(40-34)32(26-39-42)31-14-15-33(38-25-31)29-12-10-9-11-13-29;1-2-25(32)12-10-17(11-13-25)22-21(26)23(27)31-24(30-22)19(15-29-31)18-8-9-20(28-14-18)16-6-4-3-5-7-16/h9-15,24-26,30,43H,8,16-23,27-28H2,1-7H3;3-9,14-15,17,32H,2,10-13,27H2,1H3. The predicted molar refractivity (Wildman–Crippen MR) is 329 cm³/mol. The van der Waals surface area contributed by atoms with E-state index in [1.807, 2.05) is 90.7 Å². The molecule has 0 aliphatic heterocycles. The minimum absolute atomic E-state index is 0.254. The summed E-state index contributed by atoms with van der Waals surface area (Å²) in [6.45, 7) is 20.7. The van der Waals surface area contributed by atoms with Gasteiger partial charge in [-0.2, -0.15) is 19.2 Å². The molecule has 14 nitrogen and oxygen atoms in total. The van der Waals surface area contributed by atoms with Gasteiger partial charge in [-0.3, -0.25) is 9.97 Å². The summed E-state index contributed by atoms with van der Waals surface area (Å²) >= 11 is 3.66. The first-order chi connectivity index (χ1) is 37.8. The van der Waals surface area contributed by atoms with Crippen LogP contribution in [0.25, 0.3) is 56.1 Å². The SMILES string of the molecule is CCC1(O)CCC(c2cc(N(COCC[Si](C)(C)C)COCC[Si](C)(C)C)n3ncc(-c4ccc(-c5ccccc5)nc4)c3n2)CC1.CCC1(O)CCC(c2nc3c(-c4ccc(-c5ccccc5)nc4)cnn3c(N)c2Br)CC1. The third-order valence-corrected chi connectivity index (χ3v) is 20.4. The van der Waals surface area contributed by atoms with Crippen LogP contribution in [0.5, 0.6) is 0 Å². The Morgan fingerprint density at radius 3 is 1.51 bits per heavy atom. The zero-order valence-corrected chi connectivity index (χ0v) is 51.2. The van der Waals surface area contributed by atoms with Gasteiger partial charge in [0.25, 0.3) is 0 Å². The number of nitrogen functional groups attached to an aromatic ring is 1. The zero-order chi connectivity index (χ0) is 56.0. The van der Waals surface area contributed by atoms with Crippen molar-refractivity contribution in [1.82, 2.24) is 39.2 Å². The van der Waals surface area contributed by atoms with Gasteiger partial charge in [-0.05, 0) is 104 Å². The first-order valence-corrected chi connectivity index (χ1v) is 36.6. The average molecular weight is 1170 g/mol. The summed E-state index contributed by atoms with van der Waals surface area (Å²) in [4.78, 5) is 21.9. The summed E-state index contributed by atoms with van der Waals surface area (Å²) in [7, 11) is -2.47. The number of aromatic nitrogens is 8. The summed E-state index contributed by atoms with van der Waals surface area (Å²) in [5.41, 5.74) is 16.6. The number of aliphatic hydroxyl groups is 2. The van der Waals surface area contributed by atoms with Crippen molar-refractivity contribution in [2.75, 3.05) is 37.3 Å². The zero-order valence-electron chi connectivity index (χ0n) is 47.6. The molecular weight excluding hydrogens is 1080 g/mol. The summed E-state index contributed by atoms with van der Waals surface area (Å²) in [6.07, 6.45) is 15.8. The van der Waals surface area contributed by atoms with Crippen LogP contribution in [0.2, 0.25) is 51.4 Å². The van der Waals surface area contributed by atoms with Crippen molar-refractivity contribution in [2.45, 2.75) is 152 Å². The first kappa shape index (κ1) is 58.0. The molecule has 17 heteroatoms. The molecule has 2 fully saturated rings. The van der Waals surface area contributed by atoms with Gasteiger partial charge in [0.2, 0.25) is 0 Å². The van der Waals surface area contributed by atoms with E-state index in [1.165, 1.54) is 0 Å². The number of nitrogens with zero attached hydrogens (tertiary/aromatic N) is 9. The Labute approximate surface area is 477 Å². The number of halogens is 1. The lowest BCUT2D eigenvalue weighted by molar-refractivity contribution is -0.00487. The third kappa shape index (κ3) is 14.3. The quantitative estimate of drug-likeness (QED) is 0.0398. The number of rotatable bonds is 19. The molecule has 0 radical (unpaired) electrons. The number of benzene rings is 2. The van der Waals surface area contributed by atoms with Gasteiger partial charge in [0.15, 0.2) is 11.3 Å². The highest BCUT2D eigenvalue weighted by Crippen LogP contribution is 2.44. The topological polar surface area (TPSA) is 174 Å². The van der Waals surface area contributed by atoms with Crippen molar-refractivity contribution >= 4 is 55.0 Å². The molecule has 2 aliphatic rings. The molecule has 6 heterocycles. The Hall–Kier alpha value is -5.67. The van der Waals surface area contributed by atoms with Crippen molar-refractivity contribution in [1.29, 1.82) is 0 Å². The van der Waals surface area contributed by atoms with E-state index in [4.69, 9.17) is 35.3 Å². The molecule has 10 rings (SSSR count). The molecule has 6 aromatic heterocycles. The average Bonchev–Trinajstić information content (AvgIpc) is 4.10. The molecule has 0 bridgehead atoms. The Kier molecular flexibility index (Phi) is 18.4. The maximum absolute atomic E-state index is 11.0. The van der Waals surface area contributed by atoms with Gasteiger partial charge in [-0.15, -0.1) is 0 Å². The second-order valence-corrected chi connectivity index (χ2v) is 36.4. The minimum atomic E-state index is -1.24. The van der Waals surface area contributed by atoms with E-state index >= 15 is 0 Å². The van der Waals surface area contributed by atoms with Crippen molar-refractivity contribution in [3.05, 3.63) is 132 Å². The summed E-state index contributed by atoms with van der Waals surface area (Å²) < 4.78 is 17.1. The van der Waals surface area contributed by atoms with Gasteiger partial charge in [-0.1, -0.05) is 126 Å². The minimum Gasteiger partial charge on any atom is -0.390 e. The highest BCUT2D eigenvalue weighted by atomic mass is 79.9. The van der Waals surface area contributed by atoms with E-state index < -0.39 is 27.3 Å². The Morgan fingerprint density at radius 1 is 0.608 bits per heavy atom. The van der Waals surface area contributed by atoms with Gasteiger partial charge in [0.1, 0.15) is 25.1 Å². The normalized spacial score (nSPS) is 19.8. The Morgan fingerprint density at radius 2 is 1.06 bits per heavy atom. The van der Waals surface area contributed by atoms with Gasteiger partial charge in [0, 0.05) is 98.7 Å². The number of fused-ring (bicyclic) bond motifs is 2. The summed E-state index contributed by atoms with van der Waals surface area (Å²) in [5, 5.41) is 31.0. The largest absolute Gasteiger partial charge is 0.390 e. The highest BCUT2D eigenvalue weighted by Gasteiger charge is 2.36. The number of nitrogens with two attached hydrogens (primary N) is 1. The number of ether oxygens (including phenoxy) is 2. The monoisotopic (exact) mass is 1160 g/mol. The lowest BCUT2D eigenvalue weighted by Gasteiger charge is -2.35. The van der Waals surface area contributed by atoms with E-state index in [9.17, 15) is 10.2 Å². The summed E-state index contributed by atoms with van der Waals surface area (Å²) in [6, 6.07) is 33.0. The molecule has 0 atom stereocenters. The van der Waals surface area contributed by atoms with E-state index in [0.717, 1.165) is 167 Å². The maximum atomic E-state index is 11.0. The van der Waals surface area contributed by atoms with Crippen molar-refractivity contribution in [3.8, 4) is 44.8 Å². The lowest BCUT2D eigenvalue weighted by Crippen LogP contribution is -2.34. The van der Waals surface area contributed by atoms with Crippen LogP contribution in [0.3, 0.4) is 0 Å². The fourth-order valence-electron chi connectivity index (χ4n) is 10.6. The molecule has 2 saturated carbocycles. The Bertz CT molecular complexity index is 3240. The van der Waals surface area contributed by atoms with Crippen LogP contribution in [0.1, 0.15) is 101 Å².